The van der Waals surface area contributed by atoms with Crippen LogP contribution >= 0.6 is 0 Å². The van der Waals surface area contributed by atoms with Crippen LogP contribution in [0.4, 0.5) is 0 Å². The van der Waals surface area contributed by atoms with Crippen molar-refractivity contribution in [2.75, 3.05) is 6.54 Å². The molecule has 1 atom stereocenters. The molecule has 3 nitrogen and oxygen atoms in total. The van der Waals surface area contributed by atoms with E-state index in [4.69, 9.17) is 0 Å². The molecule has 0 saturated carbocycles. The number of hydrogen-bond donors (Lipinski definition) is 2. The molecule has 1 unspecified atom stereocenters. The number of carbonyl (C=O) groups excluding carboxylic acids is 1. The van der Waals surface area contributed by atoms with Gasteiger partial charge in [0, 0.05) is 12.6 Å². The molecule has 0 rings (SSSR count). The standard InChI is InChI=1S/C15H32N2O/c1-8-13(9-2)17-14(18)12(5)16-10-15(6,7)11(3)4/h11-13,16H,8-10H2,1-7H3,(H,17,18). The molecular formula is C15H32N2O. The highest BCUT2D eigenvalue weighted by Crippen LogP contribution is 2.24. The maximum absolute atomic E-state index is 12.0. The highest BCUT2D eigenvalue weighted by atomic mass is 16.2. The summed E-state index contributed by atoms with van der Waals surface area (Å²) in [6.45, 7) is 15.9. The molecule has 0 aliphatic carbocycles. The first-order valence-electron chi connectivity index (χ1n) is 7.28. The van der Waals surface area contributed by atoms with E-state index in [0.717, 1.165) is 19.4 Å². The largest absolute Gasteiger partial charge is 0.352 e. The monoisotopic (exact) mass is 256 g/mol. The summed E-state index contributed by atoms with van der Waals surface area (Å²) in [5, 5.41) is 6.43. The van der Waals surface area contributed by atoms with E-state index in [1.54, 1.807) is 0 Å². The third-order valence-corrected chi connectivity index (χ3v) is 4.15. The summed E-state index contributed by atoms with van der Waals surface area (Å²) in [6.07, 6.45) is 1.99. The first-order valence-corrected chi connectivity index (χ1v) is 7.28. The fourth-order valence-electron chi connectivity index (χ4n) is 1.53. The first kappa shape index (κ1) is 17.4. The molecule has 0 saturated heterocycles. The van der Waals surface area contributed by atoms with Gasteiger partial charge in [-0.2, -0.15) is 0 Å². The number of amides is 1. The van der Waals surface area contributed by atoms with E-state index in [-0.39, 0.29) is 17.4 Å². The Kier molecular flexibility index (Phi) is 7.53. The van der Waals surface area contributed by atoms with Crippen LogP contribution < -0.4 is 10.6 Å². The summed E-state index contributed by atoms with van der Waals surface area (Å²) in [5.74, 6) is 0.711. The molecule has 2 N–H and O–H groups in total. The van der Waals surface area contributed by atoms with Crippen LogP contribution in [0.15, 0.2) is 0 Å². The molecule has 0 spiro atoms. The van der Waals surface area contributed by atoms with Gasteiger partial charge in [0.15, 0.2) is 0 Å². The third kappa shape index (κ3) is 5.85. The summed E-state index contributed by atoms with van der Waals surface area (Å²) in [7, 11) is 0. The second-order valence-corrected chi connectivity index (χ2v) is 6.27. The van der Waals surface area contributed by atoms with Crippen molar-refractivity contribution in [2.24, 2.45) is 11.3 Å². The van der Waals surface area contributed by atoms with Gasteiger partial charge in [-0.1, -0.05) is 41.5 Å². The van der Waals surface area contributed by atoms with Crippen molar-refractivity contribution < 1.29 is 4.79 Å². The molecule has 0 aliphatic heterocycles. The molecular weight excluding hydrogens is 224 g/mol. The van der Waals surface area contributed by atoms with Crippen molar-refractivity contribution in [2.45, 2.75) is 73.4 Å². The third-order valence-electron chi connectivity index (χ3n) is 4.15. The molecule has 0 aromatic rings. The molecule has 0 aliphatic rings. The van der Waals surface area contributed by atoms with Gasteiger partial charge in [-0.05, 0) is 31.1 Å². The van der Waals surface area contributed by atoms with Gasteiger partial charge in [0.2, 0.25) is 5.91 Å². The lowest BCUT2D eigenvalue weighted by Crippen LogP contribution is -2.48. The van der Waals surface area contributed by atoms with Crippen LogP contribution in [0.25, 0.3) is 0 Å². The molecule has 0 heterocycles. The Morgan fingerprint density at radius 1 is 1.11 bits per heavy atom. The topological polar surface area (TPSA) is 41.1 Å². The fourth-order valence-corrected chi connectivity index (χ4v) is 1.53. The average molecular weight is 256 g/mol. The molecule has 0 radical (unpaired) electrons. The van der Waals surface area contributed by atoms with Crippen LogP contribution in [0.1, 0.15) is 61.3 Å². The average Bonchev–Trinajstić information content (AvgIpc) is 2.32. The molecule has 0 aromatic heterocycles. The highest BCUT2D eigenvalue weighted by Gasteiger charge is 2.24. The smallest absolute Gasteiger partial charge is 0.237 e. The SMILES string of the molecule is CCC(CC)NC(=O)C(C)NCC(C)(C)C(C)C. The molecule has 18 heavy (non-hydrogen) atoms. The van der Waals surface area contributed by atoms with Crippen LogP contribution in [-0.4, -0.2) is 24.5 Å². The lowest BCUT2D eigenvalue weighted by atomic mass is 9.81. The number of nitrogens with one attached hydrogen (secondary N) is 2. The molecule has 1 amide bonds. The Hall–Kier alpha value is -0.570. The second-order valence-electron chi connectivity index (χ2n) is 6.27. The van der Waals surface area contributed by atoms with Gasteiger partial charge in [-0.25, -0.2) is 0 Å². The van der Waals surface area contributed by atoms with Gasteiger partial charge in [-0.15, -0.1) is 0 Å². The predicted octanol–water partition coefficient (Wildman–Crippen LogP) is 2.95. The van der Waals surface area contributed by atoms with Gasteiger partial charge in [-0.3, -0.25) is 4.79 Å². The molecule has 3 heteroatoms. The molecule has 108 valence electrons. The van der Waals surface area contributed by atoms with Crippen molar-refractivity contribution in [3.63, 3.8) is 0 Å². The lowest BCUT2D eigenvalue weighted by Gasteiger charge is -2.31. The van der Waals surface area contributed by atoms with E-state index in [1.165, 1.54) is 0 Å². The van der Waals surface area contributed by atoms with Crippen molar-refractivity contribution >= 4 is 5.91 Å². The van der Waals surface area contributed by atoms with E-state index in [0.29, 0.717) is 12.0 Å². The minimum absolute atomic E-state index is 0.114. The van der Waals surface area contributed by atoms with Crippen LogP contribution in [0.2, 0.25) is 0 Å². The van der Waals surface area contributed by atoms with Gasteiger partial charge in [0.1, 0.15) is 0 Å². The number of hydrogen-bond acceptors (Lipinski definition) is 2. The van der Waals surface area contributed by atoms with E-state index in [9.17, 15) is 4.79 Å². The molecule has 0 bridgehead atoms. The summed E-state index contributed by atoms with van der Waals surface area (Å²) in [6, 6.07) is 0.184. The van der Waals surface area contributed by atoms with E-state index in [1.807, 2.05) is 6.92 Å². The lowest BCUT2D eigenvalue weighted by molar-refractivity contribution is -0.123. The Labute approximate surface area is 113 Å². The highest BCUT2D eigenvalue weighted by molar-refractivity contribution is 5.81. The van der Waals surface area contributed by atoms with Crippen LogP contribution in [0.3, 0.4) is 0 Å². The summed E-state index contributed by atoms with van der Waals surface area (Å²) < 4.78 is 0. The van der Waals surface area contributed by atoms with Crippen molar-refractivity contribution in [1.29, 1.82) is 0 Å². The quantitative estimate of drug-likeness (QED) is 0.701. The van der Waals surface area contributed by atoms with E-state index >= 15 is 0 Å². The van der Waals surface area contributed by atoms with Gasteiger partial charge < -0.3 is 10.6 Å². The van der Waals surface area contributed by atoms with E-state index in [2.05, 4.69) is 52.2 Å². The Morgan fingerprint density at radius 2 is 1.61 bits per heavy atom. The van der Waals surface area contributed by atoms with Gasteiger partial charge >= 0.3 is 0 Å². The zero-order valence-corrected chi connectivity index (χ0v) is 13.3. The Balaban J connectivity index is 4.17. The maximum Gasteiger partial charge on any atom is 0.237 e. The van der Waals surface area contributed by atoms with Crippen LogP contribution in [-0.2, 0) is 4.79 Å². The minimum atomic E-state index is -0.122. The van der Waals surface area contributed by atoms with Gasteiger partial charge in [0.05, 0.1) is 6.04 Å². The summed E-state index contributed by atoms with van der Waals surface area (Å²) in [4.78, 5) is 12.0. The predicted molar refractivity (Wildman–Crippen MR) is 78.6 cm³/mol. The Bertz CT molecular complexity index is 245. The first-order chi connectivity index (χ1) is 8.24. The fraction of sp³-hybridized carbons (Fsp3) is 0.933. The zero-order chi connectivity index (χ0) is 14.3. The summed E-state index contributed by atoms with van der Waals surface area (Å²) >= 11 is 0. The minimum Gasteiger partial charge on any atom is -0.352 e. The molecule has 0 aromatic carbocycles. The number of rotatable bonds is 8. The van der Waals surface area contributed by atoms with E-state index < -0.39 is 0 Å². The van der Waals surface area contributed by atoms with Crippen molar-refractivity contribution in [3.8, 4) is 0 Å². The van der Waals surface area contributed by atoms with Crippen molar-refractivity contribution in [1.82, 2.24) is 10.6 Å². The number of carbonyl (C=O) groups is 1. The van der Waals surface area contributed by atoms with Crippen molar-refractivity contribution in [3.05, 3.63) is 0 Å². The normalized spacial score (nSPS) is 14.1. The zero-order valence-electron chi connectivity index (χ0n) is 13.3. The second kappa shape index (κ2) is 7.78. The molecule has 0 fully saturated rings. The van der Waals surface area contributed by atoms with Gasteiger partial charge in [0.25, 0.3) is 0 Å². The Morgan fingerprint density at radius 3 is 2.00 bits per heavy atom. The summed E-state index contributed by atoms with van der Waals surface area (Å²) in [5.41, 5.74) is 0.212. The van der Waals surface area contributed by atoms with Crippen LogP contribution in [0.5, 0.6) is 0 Å². The van der Waals surface area contributed by atoms with Crippen LogP contribution in [0, 0.1) is 11.3 Å². The maximum atomic E-state index is 12.0.